The maximum Gasteiger partial charge on any atom is 0.125 e. The molecule has 0 radical (unpaired) electrons. The first-order chi connectivity index (χ1) is 8.50. The Morgan fingerprint density at radius 1 is 1.28 bits per heavy atom. The van der Waals surface area contributed by atoms with Gasteiger partial charge in [0.15, 0.2) is 0 Å². The summed E-state index contributed by atoms with van der Waals surface area (Å²) in [6.07, 6.45) is 1.36. The molecule has 0 aromatic heterocycles. The van der Waals surface area contributed by atoms with Gasteiger partial charge in [0.05, 0.1) is 6.10 Å². The number of hydrogen-bond acceptors (Lipinski definition) is 3. The molecule has 1 fully saturated rings. The quantitative estimate of drug-likeness (QED) is 0.778. The molecule has 0 amide bonds. The number of ether oxygens (including phenoxy) is 1. The van der Waals surface area contributed by atoms with Gasteiger partial charge in [0.25, 0.3) is 0 Å². The molecular weight excluding hydrogens is 244 g/mol. The second-order valence-electron chi connectivity index (χ2n) is 6.38. The van der Waals surface area contributed by atoms with Crippen molar-refractivity contribution in [3.8, 4) is 5.75 Å². The Labute approximate surface area is 113 Å². The second-order valence-corrected chi connectivity index (χ2v) is 7.36. The Hall–Kier alpha value is -0.670. The van der Waals surface area contributed by atoms with E-state index >= 15 is 0 Å². The SMILES string of the molecule is CC1(C)CSCC2(C[C@@H](O)c3ccccc3O2)C1. The summed E-state index contributed by atoms with van der Waals surface area (Å²) >= 11 is 1.95. The van der Waals surface area contributed by atoms with Crippen LogP contribution in [0.4, 0.5) is 0 Å². The number of rotatable bonds is 0. The Kier molecular flexibility index (Phi) is 2.87. The fourth-order valence-corrected chi connectivity index (χ4v) is 4.68. The van der Waals surface area contributed by atoms with E-state index in [2.05, 4.69) is 13.8 Å². The molecule has 2 nitrogen and oxygen atoms in total. The van der Waals surface area contributed by atoms with Gasteiger partial charge in [0.1, 0.15) is 11.4 Å². The number of fused-ring (bicyclic) bond motifs is 1. The lowest BCUT2D eigenvalue weighted by molar-refractivity contribution is -0.0254. The first-order valence-corrected chi connectivity index (χ1v) is 7.69. The van der Waals surface area contributed by atoms with Crippen LogP contribution in [-0.4, -0.2) is 22.2 Å². The first-order valence-electron chi connectivity index (χ1n) is 6.54. The van der Waals surface area contributed by atoms with Gasteiger partial charge >= 0.3 is 0 Å². The average Bonchev–Trinajstić information content (AvgIpc) is 2.27. The zero-order valence-electron chi connectivity index (χ0n) is 11.0. The smallest absolute Gasteiger partial charge is 0.125 e. The maximum atomic E-state index is 10.4. The summed E-state index contributed by atoms with van der Waals surface area (Å²) in [5.74, 6) is 3.03. The predicted molar refractivity (Wildman–Crippen MR) is 75.1 cm³/mol. The topological polar surface area (TPSA) is 29.5 Å². The summed E-state index contributed by atoms with van der Waals surface area (Å²) < 4.78 is 6.29. The molecule has 98 valence electrons. The van der Waals surface area contributed by atoms with E-state index < -0.39 is 0 Å². The standard InChI is InChI=1S/C15H20O2S/c1-14(2)8-15(10-18-9-14)7-12(16)11-5-3-4-6-13(11)17-15/h3-6,12,16H,7-10H2,1-2H3/t12-,15?/m1/s1. The van der Waals surface area contributed by atoms with Gasteiger partial charge in [-0.3, -0.25) is 0 Å². The van der Waals surface area contributed by atoms with Crippen LogP contribution in [0.15, 0.2) is 24.3 Å². The lowest BCUT2D eigenvalue weighted by Crippen LogP contribution is -2.50. The van der Waals surface area contributed by atoms with Crippen molar-refractivity contribution in [3.63, 3.8) is 0 Å². The lowest BCUT2D eigenvalue weighted by Gasteiger charge is -2.48. The third kappa shape index (κ3) is 2.14. The van der Waals surface area contributed by atoms with E-state index in [0.29, 0.717) is 0 Å². The molecule has 1 N–H and O–H groups in total. The van der Waals surface area contributed by atoms with Crippen molar-refractivity contribution in [3.05, 3.63) is 29.8 Å². The van der Waals surface area contributed by atoms with Gasteiger partial charge in [-0.1, -0.05) is 32.0 Å². The monoisotopic (exact) mass is 264 g/mol. The zero-order valence-corrected chi connectivity index (χ0v) is 11.8. The van der Waals surface area contributed by atoms with Crippen LogP contribution in [0, 0.1) is 5.41 Å². The van der Waals surface area contributed by atoms with Crippen molar-refractivity contribution >= 4 is 11.8 Å². The van der Waals surface area contributed by atoms with Crippen LogP contribution in [-0.2, 0) is 0 Å². The van der Waals surface area contributed by atoms with E-state index in [1.807, 2.05) is 36.0 Å². The van der Waals surface area contributed by atoms with Crippen LogP contribution in [0.2, 0.25) is 0 Å². The molecule has 1 unspecified atom stereocenters. The molecule has 0 bridgehead atoms. The highest BCUT2D eigenvalue weighted by atomic mass is 32.2. The van der Waals surface area contributed by atoms with Gasteiger partial charge in [0.2, 0.25) is 0 Å². The Bertz CT molecular complexity index is 458. The van der Waals surface area contributed by atoms with Crippen molar-refractivity contribution in [1.29, 1.82) is 0 Å². The highest BCUT2D eigenvalue weighted by molar-refractivity contribution is 7.99. The highest BCUT2D eigenvalue weighted by Gasteiger charge is 2.46. The van der Waals surface area contributed by atoms with Crippen LogP contribution in [0.25, 0.3) is 0 Å². The molecule has 2 atom stereocenters. The summed E-state index contributed by atoms with van der Waals surface area (Å²) in [5.41, 5.74) is 1.05. The largest absolute Gasteiger partial charge is 0.486 e. The van der Waals surface area contributed by atoms with Gasteiger partial charge in [-0.15, -0.1) is 0 Å². The molecule has 2 heterocycles. The molecule has 0 saturated carbocycles. The summed E-state index contributed by atoms with van der Waals surface area (Å²) in [6.45, 7) is 4.58. The second kappa shape index (κ2) is 4.17. The predicted octanol–water partition coefficient (Wildman–Crippen LogP) is 3.40. The fraction of sp³-hybridized carbons (Fsp3) is 0.600. The average molecular weight is 264 g/mol. The van der Waals surface area contributed by atoms with E-state index in [-0.39, 0.29) is 17.1 Å². The molecule has 1 spiro atoms. The number of aliphatic hydroxyl groups excluding tert-OH is 1. The van der Waals surface area contributed by atoms with Gasteiger partial charge in [-0.25, -0.2) is 0 Å². The van der Waals surface area contributed by atoms with Crippen molar-refractivity contribution in [1.82, 2.24) is 0 Å². The molecule has 1 aromatic carbocycles. The molecule has 3 rings (SSSR count). The van der Waals surface area contributed by atoms with E-state index in [1.165, 1.54) is 5.75 Å². The van der Waals surface area contributed by atoms with E-state index in [0.717, 1.165) is 29.9 Å². The van der Waals surface area contributed by atoms with Crippen molar-refractivity contribution in [2.75, 3.05) is 11.5 Å². The number of aliphatic hydroxyl groups is 1. The fourth-order valence-electron chi connectivity index (χ4n) is 3.27. The Morgan fingerprint density at radius 3 is 2.83 bits per heavy atom. The number of hydrogen-bond donors (Lipinski definition) is 1. The third-order valence-corrected chi connectivity index (χ3v) is 5.54. The van der Waals surface area contributed by atoms with Crippen molar-refractivity contribution < 1.29 is 9.84 Å². The molecule has 2 aliphatic rings. The zero-order chi connectivity index (χ0) is 12.8. The van der Waals surface area contributed by atoms with Crippen molar-refractivity contribution in [2.45, 2.75) is 38.4 Å². The molecular formula is C15H20O2S. The van der Waals surface area contributed by atoms with E-state index in [9.17, 15) is 5.11 Å². The molecule has 0 aliphatic carbocycles. The molecule has 2 aliphatic heterocycles. The number of para-hydroxylation sites is 1. The van der Waals surface area contributed by atoms with Gasteiger partial charge < -0.3 is 9.84 Å². The Morgan fingerprint density at radius 2 is 2.06 bits per heavy atom. The molecule has 1 saturated heterocycles. The van der Waals surface area contributed by atoms with Crippen LogP contribution >= 0.6 is 11.8 Å². The van der Waals surface area contributed by atoms with Gasteiger partial charge in [-0.05, 0) is 23.7 Å². The Balaban J connectivity index is 1.93. The minimum Gasteiger partial charge on any atom is -0.486 e. The van der Waals surface area contributed by atoms with Gasteiger partial charge in [0, 0.05) is 17.7 Å². The van der Waals surface area contributed by atoms with Crippen LogP contribution in [0.3, 0.4) is 0 Å². The number of thioether (sulfide) groups is 1. The molecule has 3 heteroatoms. The van der Waals surface area contributed by atoms with Crippen LogP contribution in [0.1, 0.15) is 38.4 Å². The lowest BCUT2D eigenvalue weighted by atomic mass is 9.77. The first kappa shape index (κ1) is 12.4. The highest BCUT2D eigenvalue weighted by Crippen LogP contribution is 2.49. The van der Waals surface area contributed by atoms with Gasteiger partial charge in [-0.2, -0.15) is 11.8 Å². The third-order valence-electron chi connectivity index (χ3n) is 3.83. The summed E-state index contributed by atoms with van der Waals surface area (Å²) in [6, 6.07) is 7.88. The normalized spacial score (nSPS) is 33.8. The number of benzene rings is 1. The molecule has 1 aromatic rings. The minimum absolute atomic E-state index is 0.180. The summed E-state index contributed by atoms with van der Waals surface area (Å²) in [4.78, 5) is 0. The summed E-state index contributed by atoms with van der Waals surface area (Å²) in [5, 5.41) is 10.4. The molecule has 18 heavy (non-hydrogen) atoms. The van der Waals surface area contributed by atoms with E-state index in [1.54, 1.807) is 0 Å². The summed E-state index contributed by atoms with van der Waals surface area (Å²) in [7, 11) is 0. The minimum atomic E-state index is -0.385. The maximum absolute atomic E-state index is 10.4. The van der Waals surface area contributed by atoms with Crippen molar-refractivity contribution in [2.24, 2.45) is 5.41 Å². The van der Waals surface area contributed by atoms with Crippen LogP contribution in [0.5, 0.6) is 5.75 Å². The van der Waals surface area contributed by atoms with Crippen LogP contribution < -0.4 is 4.74 Å². The van der Waals surface area contributed by atoms with E-state index in [4.69, 9.17) is 4.74 Å².